The summed E-state index contributed by atoms with van der Waals surface area (Å²) in [6.45, 7) is 2.86. The Morgan fingerprint density at radius 2 is 1.80 bits per heavy atom. The van der Waals surface area contributed by atoms with E-state index in [1.54, 1.807) is 18.0 Å². The van der Waals surface area contributed by atoms with Crippen LogP contribution in [0.1, 0.15) is 49.3 Å². The van der Waals surface area contributed by atoms with Crippen molar-refractivity contribution in [2.75, 3.05) is 20.1 Å². The maximum Gasteiger partial charge on any atom is 0.416 e. The first kappa shape index (κ1) is 32.9. The maximum absolute atomic E-state index is 13.5. The highest BCUT2D eigenvalue weighted by molar-refractivity contribution is 6.33. The van der Waals surface area contributed by atoms with Gasteiger partial charge in [0.15, 0.2) is 0 Å². The van der Waals surface area contributed by atoms with Gasteiger partial charge in [0.2, 0.25) is 11.8 Å². The van der Waals surface area contributed by atoms with Crippen LogP contribution in [0.2, 0.25) is 10.0 Å². The van der Waals surface area contributed by atoms with Crippen LogP contribution in [0.3, 0.4) is 0 Å². The Hall–Kier alpha value is -4.01. The maximum atomic E-state index is 13.5. The van der Waals surface area contributed by atoms with Gasteiger partial charge in [0.25, 0.3) is 5.56 Å². The molecule has 1 aliphatic heterocycles. The molecule has 1 aliphatic rings. The Kier molecular flexibility index (Phi) is 9.96. The predicted molar refractivity (Wildman–Crippen MR) is 160 cm³/mol. The first-order chi connectivity index (χ1) is 20.7. The van der Waals surface area contributed by atoms with Gasteiger partial charge in [-0.15, -0.1) is 0 Å². The van der Waals surface area contributed by atoms with Gasteiger partial charge in [-0.3, -0.25) is 14.4 Å². The van der Waals surface area contributed by atoms with E-state index in [4.69, 9.17) is 23.2 Å². The van der Waals surface area contributed by atoms with Crippen LogP contribution < -0.4 is 5.56 Å². The lowest BCUT2D eigenvalue weighted by Crippen LogP contribution is -2.43. The largest absolute Gasteiger partial charge is 0.507 e. The Balaban J connectivity index is 1.66. The van der Waals surface area contributed by atoms with Crippen molar-refractivity contribution in [1.29, 1.82) is 5.26 Å². The molecule has 0 spiro atoms. The Morgan fingerprint density at radius 1 is 1.11 bits per heavy atom. The van der Waals surface area contributed by atoms with Crippen LogP contribution in [-0.4, -0.2) is 51.8 Å². The number of piperidine rings is 1. The van der Waals surface area contributed by atoms with Crippen molar-refractivity contribution in [3.05, 3.63) is 73.5 Å². The Morgan fingerprint density at radius 3 is 2.41 bits per heavy atom. The van der Waals surface area contributed by atoms with E-state index in [-0.39, 0.29) is 68.0 Å². The number of hydrogen-bond acceptors (Lipinski definition) is 5. The molecule has 3 aromatic rings. The summed E-state index contributed by atoms with van der Waals surface area (Å²) in [5.74, 6) is -0.721. The van der Waals surface area contributed by atoms with E-state index in [1.165, 1.54) is 23.1 Å². The highest BCUT2D eigenvalue weighted by Crippen LogP contribution is 2.40. The van der Waals surface area contributed by atoms with Crippen LogP contribution in [0.25, 0.3) is 22.4 Å². The second-order valence-electron chi connectivity index (χ2n) is 10.7. The molecule has 44 heavy (non-hydrogen) atoms. The van der Waals surface area contributed by atoms with Gasteiger partial charge in [-0.25, -0.2) is 0 Å². The number of nitrogens with zero attached hydrogens (tertiary/aromatic N) is 3. The van der Waals surface area contributed by atoms with Crippen LogP contribution in [0, 0.1) is 17.2 Å². The molecule has 0 bridgehead atoms. The SMILES string of the molecule is CCCC(=O)N1CCC(C(=O)N(C)Cc2cc(Cl)cc(-c3cc(-c4cc(C(F)(F)F)ccc4Cl)c(C#N)c(=O)[nH]3)c2O)CC1. The second-order valence-corrected chi connectivity index (χ2v) is 11.5. The zero-order valence-corrected chi connectivity index (χ0v) is 25.4. The molecule has 0 atom stereocenters. The minimum atomic E-state index is -4.71. The Labute approximate surface area is 261 Å². The number of H-pyrrole nitrogens is 1. The van der Waals surface area contributed by atoms with E-state index in [2.05, 4.69) is 4.98 Å². The lowest BCUT2D eigenvalue weighted by molar-refractivity contribution is -0.140. The highest BCUT2D eigenvalue weighted by atomic mass is 35.5. The standard InChI is InChI=1S/C31H29Cl2F3N4O4/c1-3-4-27(41)40-9-7-17(8-10-40)30(44)39(2)16-18-11-20(32)13-23(28(18)42)26-14-21(24(15-37)29(43)38-26)22-12-19(31(34,35)36)5-6-25(22)33/h5-6,11-14,17,42H,3-4,7-10,16H2,1-2H3,(H,38,43). The fourth-order valence-electron chi connectivity index (χ4n) is 5.31. The number of halogens is 5. The van der Waals surface area contributed by atoms with Crippen LogP contribution in [0.4, 0.5) is 13.2 Å². The van der Waals surface area contributed by atoms with Crippen molar-refractivity contribution < 1.29 is 27.9 Å². The molecule has 2 aromatic carbocycles. The molecule has 2 N–H and O–H groups in total. The topological polar surface area (TPSA) is 117 Å². The van der Waals surface area contributed by atoms with Gasteiger partial charge < -0.3 is 19.9 Å². The average molecular weight is 649 g/mol. The molecular formula is C31H29Cl2F3N4O4. The van der Waals surface area contributed by atoms with Gasteiger partial charge >= 0.3 is 6.18 Å². The van der Waals surface area contributed by atoms with Crippen molar-refractivity contribution in [3.63, 3.8) is 0 Å². The highest BCUT2D eigenvalue weighted by Gasteiger charge is 2.32. The number of aromatic nitrogens is 1. The molecule has 0 radical (unpaired) electrons. The van der Waals surface area contributed by atoms with Crippen LogP contribution >= 0.6 is 23.2 Å². The van der Waals surface area contributed by atoms with Crippen molar-refractivity contribution >= 4 is 35.0 Å². The molecule has 13 heteroatoms. The number of carbonyl (C=O) groups excluding carboxylic acids is 2. The van der Waals surface area contributed by atoms with E-state index in [0.717, 1.165) is 24.6 Å². The number of phenolic OH excluding ortho intramolecular Hbond substituents is 1. The third kappa shape index (κ3) is 7.03. The number of rotatable bonds is 7. The molecule has 2 amide bonds. The van der Waals surface area contributed by atoms with E-state index in [9.17, 15) is 37.9 Å². The number of aromatic amines is 1. The van der Waals surface area contributed by atoms with Gasteiger partial charge in [0.05, 0.1) is 11.3 Å². The summed E-state index contributed by atoms with van der Waals surface area (Å²) in [6.07, 6.45) is -2.46. The number of likely N-dealkylation sites (tertiary alicyclic amines) is 1. The molecule has 1 saturated heterocycles. The fraction of sp³-hybridized carbons (Fsp3) is 0.355. The number of pyridine rings is 1. The van der Waals surface area contributed by atoms with E-state index >= 15 is 0 Å². The molecule has 0 unspecified atom stereocenters. The lowest BCUT2D eigenvalue weighted by Gasteiger charge is -2.33. The van der Waals surface area contributed by atoms with Crippen LogP contribution in [-0.2, 0) is 22.3 Å². The van der Waals surface area contributed by atoms with E-state index in [0.29, 0.717) is 32.4 Å². The molecular weight excluding hydrogens is 620 g/mol. The minimum Gasteiger partial charge on any atom is -0.507 e. The number of alkyl halides is 3. The first-order valence-corrected chi connectivity index (χ1v) is 14.6. The summed E-state index contributed by atoms with van der Waals surface area (Å²) in [6, 6.07) is 8.32. The van der Waals surface area contributed by atoms with E-state index in [1.807, 2.05) is 6.92 Å². The average Bonchev–Trinajstić information content (AvgIpc) is 2.97. The molecule has 232 valence electrons. The van der Waals surface area contributed by atoms with Crippen LogP contribution in [0.5, 0.6) is 5.75 Å². The number of phenols is 1. The quantitative estimate of drug-likeness (QED) is 0.299. The number of nitriles is 1. The normalized spacial score (nSPS) is 13.9. The third-order valence-corrected chi connectivity index (χ3v) is 8.17. The third-order valence-electron chi connectivity index (χ3n) is 7.62. The summed E-state index contributed by atoms with van der Waals surface area (Å²) >= 11 is 12.6. The number of nitrogens with one attached hydrogen (secondary N) is 1. The van der Waals surface area contributed by atoms with E-state index < -0.39 is 22.9 Å². The molecule has 4 rings (SSSR count). The van der Waals surface area contributed by atoms with Gasteiger partial charge in [-0.2, -0.15) is 18.4 Å². The fourth-order valence-corrected chi connectivity index (χ4v) is 5.77. The second kappa shape index (κ2) is 13.3. The van der Waals surface area contributed by atoms with Crippen molar-refractivity contribution in [3.8, 4) is 34.2 Å². The van der Waals surface area contributed by atoms with Crippen molar-refractivity contribution in [2.45, 2.75) is 45.3 Å². The van der Waals surface area contributed by atoms with Crippen molar-refractivity contribution in [1.82, 2.24) is 14.8 Å². The Bertz CT molecular complexity index is 1690. The monoisotopic (exact) mass is 648 g/mol. The summed E-state index contributed by atoms with van der Waals surface area (Å²) in [4.78, 5) is 44.1. The van der Waals surface area contributed by atoms with Gasteiger partial charge in [0, 0.05) is 71.3 Å². The molecule has 8 nitrogen and oxygen atoms in total. The van der Waals surface area contributed by atoms with Crippen LogP contribution in [0.15, 0.2) is 41.2 Å². The van der Waals surface area contributed by atoms with Gasteiger partial charge in [-0.05, 0) is 55.7 Å². The molecule has 2 heterocycles. The summed E-state index contributed by atoms with van der Waals surface area (Å²) in [5.41, 5.74) is -2.52. The lowest BCUT2D eigenvalue weighted by atomic mass is 9.94. The number of aromatic hydroxyl groups is 1. The number of amides is 2. The first-order valence-electron chi connectivity index (χ1n) is 13.8. The summed E-state index contributed by atoms with van der Waals surface area (Å²) < 4.78 is 40.4. The molecule has 0 saturated carbocycles. The smallest absolute Gasteiger partial charge is 0.416 e. The minimum absolute atomic E-state index is 0.0297. The number of benzene rings is 2. The zero-order valence-electron chi connectivity index (χ0n) is 23.9. The summed E-state index contributed by atoms with van der Waals surface area (Å²) in [5, 5.41) is 20.9. The zero-order chi connectivity index (χ0) is 32.3. The van der Waals surface area contributed by atoms with Gasteiger partial charge in [-0.1, -0.05) is 30.1 Å². The molecule has 1 aromatic heterocycles. The predicted octanol–water partition coefficient (Wildman–Crippen LogP) is 6.61. The van der Waals surface area contributed by atoms with Gasteiger partial charge in [0.1, 0.15) is 17.4 Å². The molecule has 0 aliphatic carbocycles. The number of hydrogen-bond donors (Lipinski definition) is 2. The van der Waals surface area contributed by atoms with Crippen molar-refractivity contribution in [2.24, 2.45) is 5.92 Å². The summed E-state index contributed by atoms with van der Waals surface area (Å²) in [7, 11) is 1.58. The molecule has 1 fully saturated rings. The number of carbonyl (C=O) groups is 2.